The smallest absolute Gasteiger partial charge is 0.271 e. The van der Waals surface area contributed by atoms with E-state index in [2.05, 4.69) is 16.0 Å². The first-order chi connectivity index (χ1) is 28.9. The third-order valence-corrected chi connectivity index (χ3v) is 9.28. The van der Waals surface area contributed by atoms with Crippen molar-refractivity contribution in [1.29, 1.82) is 0 Å². The standard InChI is InChI=1S/C36H51N7O18/c44-16-25(53)22(50)13-41-7-1-19(47)31(56)28(41)34(59)37-4-10-40(11-5-38-35(60)29-32(57)20(48)2-8-42(29)14-23(51)26(54)17-45)12-6-39-36(61)30-33(58)21(49)3-9-43(30)15-24(52)27(55)18-46/h1-3,7-9,22-27,44-46,50-58H,4-6,10-18H2,(H,37,59)(H,38,60)(H,39,61). The second kappa shape index (κ2) is 23.3. The maximum Gasteiger partial charge on any atom is 0.271 e. The fraction of sp³-hybridized carbons (Fsp3) is 0.500. The van der Waals surface area contributed by atoms with Gasteiger partial charge < -0.3 is 90.9 Å². The highest BCUT2D eigenvalue weighted by Crippen LogP contribution is 2.16. The number of aliphatic hydroxyl groups excluding tert-OH is 9. The average Bonchev–Trinajstić information content (AvgIpc) is 3.23. The number of aromatic nitrogens is 3. The summed E-state index contributed by atoms with van der Waals surface area (Å²) in [5.74, 6) is -6.02. The Morgan fingerprint density at radius 2 is 0.721 bits per heavy atom. The summed E-state index contributed by atoms with van der Waals surface area (Å²) in [5, 5.41) is 126. The number of nitrogens with zero attached hydrogens (tertiary/aromatic N) is 4. The summed E-state index contributed by atoms with van der Waals surface area (Å²) in [5.41, 5.74) is -4.64. The van der Waals surface area contributed by atoms with Crippen LogP contribution < -0.4 is 32.2 Å². The summed E-state index contributed by atoms with van der Waals surface area (Å²) < 4.78 is 2.92. The number of aliphatic hydroxyl groups is 9. The van der Waals surface area contributed by atoms with Crippen molar-refractivity contribution in [2.75, 3.05) is 59.1 Å². The highest BCUT2D eigenvalue weighted by Gasteiger charge is 2.26. The summed E-state index contributed by atoms with van der Waals surface area (Å²) >= 11 is 0. The molecule has 3 aromatic rings. The van der Waals surface area contributed by atoms with Crippen LogP contribution in [0.3, 0.4) is 0 Å². The van der Waals surface area contributed by atoms with Gasteiger partial charge >= 0.3 is 0 Å². The predicted octanol–water partition coefficient (Wildman–Crippen LogP) is -7.68. The fourth-order valence-electron chi connectivity index (χ4n) is 5.77. The molecule has 25 nitrogen and oxygen atoms in total. The van der Waals surface area contributed by atoms with Gasteiger partial charge in [0.05, 0.1) is 57.8 Å². The van der Waals surface area contributed by atoms with Gasteiger partial charge in [-0.15, -0.1) is 0 Å². The third kappa shape index (κ3) is 13.4. The summed E-state index contributed by atoms with van der Waals surface area (Å²) in [6.07, 6.45) is -6.51. The number of pyridine rings is 3. The Kier molecular flexibility index (Phi) is 19.0. The first-order valence-corrected chi connectivity index (χ1v) is 18.6. The van der Waals surface area contributed by atoms with Crippen molar-refractivity contribution in [3.8, 4) is 17.2 Å². The molecule has 3 amide bonds. The van der Waals surface area contributed by atoms with E-state index in [1.165, 1.54) is 0 Å². The normalized spacial score (nSPS) is 14.5. The SMILES string of the molecule is O=C(NCCN(CCNC(=O)c1c(O)c(=O)ccn1CC(O)C(O)CO)CCNC(=O)c1c(O)c(=O)ccn1CC(O)C(O)CO)c1c(O)c(=O)ccn1CC(O)C(O)CO. The molecule has 3 aromatic heterocycles. The summed E-state index contributed by atoms with van der Waals surface area (Å²) in [7, 11) is 0. The van der Waals surface area contributed by atoms with E-state index >= 15 is 0 Å². The minimum Gasteiger partial charge on any atom is -0.503 e. The number of carbonyl (C=O) groups is 3. The van der Waals surface area contributed by atoms with Crippen molar-refractivity contribution < 1.29 is 75.7 Å². The van der Waals surface area contributed by atoms with Gasteiger partial charge in [-0.25, -0.2) is 0 Å². The Hall–Kier alpha value is -5.74. The molecule has 0 saturated carbocycles. The molecule has 6 unspecified atom stereocenters. The first-order valence-electron chi connectivity index (χ1n) is 18.6. The molecule has 3 rings (SSSR count). The molecular formula is C36H51N7O18. The van der Waals surface area contributed by atoms with E-state index in [-0.39, 0.29) is 39.3 Å². The van der Waals surface area contributed by atoms with Gasteiger partial charge in [-0.05, 0) is 0 Å². The molecule has 0 fully saturated rings. The van der Waals surface area contributed by atoms with Crippen LogP contribution in [0.2, 0.25) is 0 Å². The molecule has 0 aliphatic rings. The Morgan fingerprint density at radius 1 is 0.475 bits per heavy atom. The van der Waals surface area contributed by atoms with E-state index in [9.17, 15) is 74.7 Å². The third-order valence-electron chi connectivity index (χ3n) is 9.28. The lowest BCUT2D eigenvalue weighted by molar-refractivity contribution is -0.0219. The molecule has 61 heavy (non-hydrogen) atoms. The number of rotatable bonds is 24. The van der Waals surface area contributed by atoms with Crippen molar-refractivity contribution in [2.45, 2.75) is 56.3 Å². The fourth-order valence-corrected chi connectivity index (χ4v) is 5.77. The summed E-state index contributed by atoms with van der Waals surface area (Å²) in [4.78, 5) is 78.0. The van der Waals surface area contributed by atoms with Crippen molar-refractivity contribution in [2.24, 2.45) is 0 Å². The van der Waals surface area contributed by atoms with Crippen molar-refractivity contribution >= 4 is 17.7 Å². The van der Waals surface area contributed by atoms with Gasteiger partial charge in [-0.3, -0.25) is 33.7 Å². The molecule has 0 aromatic carbocycles. The zero-order valence-electron chi connectivity index (χ0n) is 32.5. The number of hydrogen-bond acceptors (Lipinski definition) is 19. The van der Waals surface area contributed by atoms with E-state index in [4.69, 9.17) is 15.3 Å². The molecule has 0 bridgehead atoms. The van der Waals surface area contributed by atoms with Gasteiger partial charge in [0.15, 0.2) is 34.3 Å². The van der Waals surface area contributed by atoms with Crippen LogP contribution in [0.4, 0.5) is 0 Å². The summed E-state index contributed by atoms with van der Waals surface area (Å²) in [6, 6.07) is 2.70. The Labute approximate surface area is 344 Å². The van der Waals surface area contributed by atoms with Gasteiger partial charge in [0.1, 0.15) is 18.3 Å². The molecule has 0 saturated heterocycles. The molecule has 0 radical (unpaired) electrons. The molecule has 0 aliphatic heterocycles. The maximum absolute atomic E-state index is 13.3. The predicted molar refractivity (Wildman–Crippen MR) is 208 cm³/mol. The van der Waals surface area contributed by atoms with Gasteiger partial charge in [0.25, 0.3) is 17.7 Å². The van der Waals surface area contributed by atoms with Crippen LogP contribution in [0.25, 0.3) is 0 Å². The van der Waals surface area contributed by atoms with Crippen LogP contribution in [0.1, 0.15) is 31.5 Å². The summed E-state index contributed by atoms with van der Waals surface area (Å²) in [6.45, 7) is -5.12. The Morgan fingerprint density at radius 3 is 0.951 bits per heavy atom. The number of aromatic hydroxyl groups is 3. The van der Waals surface area contributed by atoms with E-state index < -0.39 is 144 Å². The van der Waals surface area contributed by atoms with Gasteiger partial charge in [0.2, 0.25) is 16.3 Å². The van der Waals surface area contributed by atoms with Crippen LogP contribution >= 0.6 is 0 Å². The lowest BCUT2D eigenvalue weighted by Crippen LogP contribution is -2.44. The second-order valence-corrected chi connectivity index (χ2v) is 13.6. The van der Waals surface area contributed by atoms with Gasteiger partial charge in [-0.1, -0.05) is 0 Å². The van der Waals surface area contributed by atoms with Crippen molar-refractivity contribution in [3.05, 3.63) is 84.5 Å². The van der Waals surface area contributed by atoms with Crippen LogP contribution in [0.15, 0.2) is 51.2 Å². The van der Waals surface area contributed by atoms with Crippen LogP contribution in [-0.2, 0) is 19.6 Å². The average molecular weight is 870 g/mol. The molecule has 338 valence electrons. The van der Waals surface area contributed by atoms with Gasteiger partial charge in [-0.2, -0.15) is 0 Å². The van der Waals surface area contributed by atoms with Crippen LogP contribution in [0.5, 0.6) is 17.2 Å². The Bertz CT molecular complexity index is 1910. The van der Waals surface area contributed by atoms with Gasteiger partial charge in [0, 0.05) is 76.1 Å². The van der Waals surface area contributed by atoms with Crippen molar-refractivity contribution in [3.63, 3.8) is 0 Å². The van der Waals surface area contributed by atoms with E-state index in [1.54, 1.807) is 4.90 Å². The van der Waals surface area contributed by atoms with Crippen LogP contribution in [0, 0.1) is 0 Å². The lowest BCUT2D eigenvalue weighted by atomic mass is 10.2. The zero-order valence-corrected chi connectivity index (χ0v) is 32.5. The molecule has 3 heterocycles. The number of carbonyl (C=O) groups excluding carboxylic acids is 3. The number of hydrogen-bond donors (Lipinski definition) is 15. The molecule has 0 spiro atoms. The number of amides is 3. The monoisotopic (exact) mass is 869 g/mol. The zero-order chi connectivity index (χ0) is 45.6. The quantitative estimate of drug-likeness (QED) is 0.0397. The van der Waals surface area contributed by atoms with Crippen LogP contribution in [-0.4, -0.2) is 193 Å². The lowest BCUT2D eigenvalue weighted by Gasteiger charge is -2.24. The molecular weight excluding hydrogens is 818 g/mol. The first kappa shape index (κ1) is 49.6. The maximum atomic E-state index is 13.3. The molecule has 6 atom stereocenters. The minimum atomic E-state index is -1.62. The van der Waals surface area contributed by atoms with E-state index in [0.29, 0.717) is 0 Å². The van der Waals surface area contributed by atoms with E-state index in [0.717, 1.165) is 50.5 Å². The van der Waals surface area contributed by atoms with Crippen molar-refractivity contribution in [1.82, 2.24) is 34.6 Å². The molecule has 25 heteroatoms. The largest absolute Gasteiger partial charge is 0.503 e. The number of nitrogens with one attached hydrogen (secondary N) is 3. The topological polar surface area (TPSA) is 399 Å². The minimum absolute atomic E-state index is 0.0970. The van der Waals surface area contributed by atoms with E-state index in [1.807, 2.05) is 0 Å². The highest BCUT2D eigenvalue weighted by molar-refractivity contribution is 5.96. The second-order valence-electron chi connectivity index (χ2n) is 13.6. The molecule has 15 N–H and O–H groups in total. The highest BCUT2D eigenvalue weighted by atomic mass is 16.4. The molecule has 0 aliphatic carbocycles. The Balaban J connectivity index is 1.82.